The van der Waals surface area contributed by atoms with Gasteiger partial charge in [-0.2, -0.15) is 0 Å². The summed E-state index contributed by atoms with van der Waals surface area (Å²) < 4.78 is 6.46. The van der Waals surface area contributed by atoms with Crippen molar-refractivity contribution in [3.63, 3.8) is 0 Å². The third-order valence-corrected chi connectivity index (χ3v) is 3.84. The standard InChI is InChI=1S/C17H14BrNO2/c1-2-21-13-7-8-16-14(9-13)15(10-19-16)17(20)11-3-5-12(18)6-4-11/h3-10,19H,2H2,1H3. The topological polar surface area (TPSA) is 42.1 Å². The molecule has 0 saturated carbocycles. The summed E-state index contributed by atoms with van der Waals surface area (Å²) in [6, 6.07) is 13.1. The number of aromatic nitrogens is 1. The summed E-state index contributed by atoms with van der Waals surface area (Å²) in [6.07, 6.45) is 1.75. The molecule has 0 atom stereocenters. The predicted molar refractivity (Wildman–Crippen MR) is 87.0 cm³/mol. The maximum Gasteiger partial charge on any atom is 0.195 e. The van der Waals surface area contributed by atoms with Crippen molar-refractivity contribution in [3.8, 4) is 5.75 Å². The van der Waals surface area contributed by atoms with E-state index in [0.717, 1.165) is 21.1 Å². The lowest BCUT2D eigenvalue weighted by Crippen LogP contribution is -2.00. The lowest BCUT2D eigenvalue weighted by atomic mass is 10.0. The van der Waals surface area contributed by atoms with Crippen molar-refractivity contribution >= 4 is 32.6 Å². The fourth-order valence-electron chi connectivity index (χ4n) is 2.30. The molecule has 0 bridgehead atoms. The number of hydrogen-bond acceptors (Lipinski definition) is 2. The number of carbonyl (C=O) groups excluding carboxylic acids is 1. The quantitative estimate of drug-likeness (QED) is 0.705. The minimum Gasteiger partial charge on any atom is -0.494 e. The second-order valence-corrected chi connectivity index (χ2v) is 5.59. The van der Waals surface area contributed by atoms with Crippen LogP contribution in [0, 0.1) is 0 Å². The Kier molecular flexibility index (Phi) is 3.80. The first kappa shape index (κ1) is 13.9. The van der Waals surface area contributed by atoms with E-state index in [4.69, 9.17) is 4.74 Å². The van der Waals surface area contributed by atoms with Crippen molar-refractivity contribution in [3.05, 3.63) is 64.3 Å². The van der Waals surface area contributed by atoms with Crippen LogP contribution in [0.4, 0.5) is 0 Å². The first-order chi connectivity index (χ1) is 10.2. The fourth-order valence-corrected chi connectivity index (χ4v) is 2.57. The van der Waals surface area contributed by atoms with E-state index in [2.05, 4.69) is 20.9 Å². The summed E-state index contributed by atoms with van der Waals surface area (Å²) in [5.41, 5.74) is 2.26. The van der Waals surface area contributed by atoms with Gasteiger partial charge in [0, 0.05) is 32.7 Å². The average molecular weight is 344 g/mol. The van der Waals surface area contributed by atoms with Gasteiger partial charge in [0.1, 0.15) is 5.75 Å². The number of H-pyrrole nitrogens is 1. The van der Waals surface area contributed by atoms with Crippen molar-refractivity contribution in [1.29, 1.82) is 0 Å². The van der Waals surface area contributed by atoms with Gasteiger partial charge >= 0.3 is 0 Å². The van der Waals surface area contributed by atoms with Crippen LogP contribution >= 0.6 is 15.9 Å². The summed E-state index contributed by atoms with van der Waals surface area (Å²) in [5, 5.41) is 0.883. The van der Waals surface area contributed by atoms with E-state index in [1.165, 1.54) is 0 Å². The Bertz CT molecular complexity index is 790. The summed E-state index contributed by atoms with van der Waals surface area (Å²) >= 11 is 3.38. The number of hydrogen-bond donors (Lipinski definition) is 1. The molecule has 0 aliphatic carbocycles. The molecular weight excluding hydrogens is 330 g/mol. The van der Waals surface area contributed by atoms with E-state index in [-0.39, 0.29) is 5.78 Å². The molecule has 3 aromatic rings. The molecular formula is C17H14BrNO2. The Morgan fingerprint density at radius 2 is 1.95 bits per heavy atom. The van der Waals surface area contributed by atoms with Crippen LogP contribution in [0.3, 0.4) is 0 Å². The Morgan fingerprint density at radius 1 is 1.19 bits per heavy atom. The molecule has 0 saturated heterocycles. The number of aromatic amines is 1. The Hall–Kier alpha value is -2.07. The molecule has 3 rings (SSSR count). The zero-order valence-corrected chi connectivity index (χ0v) is 13.1. The molecule has 0 unspecified atom stereocenters. The molecule has 0 fully saturated rings. The lowest BCUT2D eigenvalue weighted by molar-refractivity contribution is 0.104. The monoisotopic (exact) mass is 343 g/mol. The molecule has 0 amide bonds. The first-order valence-electron chi connectivity index (χ1n) is 6.73. The number of halogens is 1. The summed E-state index contributed by atoms with van der Waals surface area (Å²) in [7, 11) is 0. The number of fused-ring (bicyclic) bond motifs is 1. The van der Waals surface area contributed by atoms with Gasteiger partial charge in [-0.25, -0.2) is 0 Å². The molecule has 0 aliphatic heterocycles. The van der Waals surface area contributed by atoms with Crippen LogP contribution in [-0.2, 0) is 0 Å². The van der Waals surface area contributed by atoms with Crippen LogP contribution in [0.15, 0.2) is 53.1 Å². The Labute approximate surface area is 131 Å². The number of benzene rings is 2. The second-order valence-electron chi connectivity index (χ2n) is 4.68. The highest BCUT2D eigenvalue weighted by Crippen LogP contribution is 2.26. The summed E-state index contributed by atoms with van der Waals surface area (Å²) in [4.78, 5) is 15.8. The molecule has 1 N–H and O–H groups in total. The Morgan fingerprint density at radius 3 is 2.67 bits per heavy atom. The van der Waals surface area contributed by atoms with Gasteiger partial charge < -0.3 is 9.72 Å². The SMILES string of the molecule is CCOc1ccc2[nH]cc(C(=O)c3ccc(Br)cc3)c2c1. The van der Waals surface area contributed by atoms with Crippen LogP contribution < -0.4 is 4.74 Å². The highest BCUT2D eigenvalue weighted by atomic mass is 79.9. The van der Waals surface area contributed by atoms with Crippen LogP contribution in [0.5, 0.6) is 5.75 Å². The second kappa shape index (κ2) is 5.74. The third-order valence-electron chi connectivity index (χ3n) is 3.32. The van der Waals surface area contributed by atoms with Crippen LogP contribution in [0.25, 0.3) is 10.9 Å². The van der Waals surface area contributed by atoms with Crippen molar-refractivity contribution in [2.24, 2.45) is 0 Å². The number of rotatable bonds is 4. The van der Waals surface area contributed by atoms with Gasteiger partial charge in [-0.05, 0) is 49.4 Å². The highest BCUT2D eigenvalue weighted by molar-refractivity contribution is 9.10. The summed E-state index contributed by atoms with van der Waals surface area (Å²) in [6.45, 7) is 2.54. The van der Waals surface area contributed by atoms with Crippen molar-refractivity contribution < 1.29 is 9.53 Å². The highest BCUT2D eigenvalue weighted by Gasteiger charge is 2.14. The normalized spacial score (nSPS) is 10.8. The van der Waals surface area contributed by atoms with Gasteiger partial charge in [-0.15, -0.1) is 0 Å². The van der Waals surface area contributed by atoms with Crippen LogP contribution in [0.1, 0.15) is 22.8 Å². The maximum absolute atomic E-state index is 12.6. The number of nitrogens with one attached hydrogen (secondary N) is 1. The lowest BCUT2D eigenvalue weighted by Gasteiger charge is -2.04. The minimum absolute atomic E-state index is 0.00222. The molecule has 2 aromatic carbocycles. The Balaban J connectivity index is 2.04. The molecule has 0 radical (unpaired) electrons. The molecule has 0 spiro atoms. The van der Waals surface area contributed by atoms with Crippen molar-refractivity contribution in [1.82, 2.24) is 4.98 Å². The van der Waals surface area contributed by atoms with Crippen molar-refractivity contribution in [2.75, 3.05) is 6.61 Å². The number of ketones is 1. The average Bonchev–Trinajstić information content (AvgIpc) is 2.91. The van der Waals surface area contributed by atoms with E-state index in [9.17, 15) is 4.79 Å². The van der Waals surface area contributed by atoms with Crippen LogP contribution in [0.2, 0.25) is 0 Å². The van der Waals surface area contributed by atoms with E-state index < -0.39 is 0 Å². The van der Waals surface area contributed by atoms with E-state index in [1.54, 1.807) is 6.20 Å². The minimum atomic E-state index is 0.00222. The van der Waals surface area contributed by atoms with Crippen molar-refractivity contribution in [2.45, 2.75) is 6.92 Å². The fraction of sp³-hybridized carbons (Fsp3) is 0.118. The van der Waals surface area contributed by atoms with E-state index >= 15 is 0 Å². The zero-order valence-electron chi connectivity index (χ0n) is 11.5. The maximum atomic E-state index is 12.6. The van der Waals surface area contributed by atoms with Gasteiger partial charge in [0.2, 0.25) is 0 Å². The van der Waals surface area contributed by atoms with E-state index in [0.29, 0.717) is 17.7 Å². The molecule has 106 valence electrons. The molecule has 21 heavy (non-hydrogen) atoms. The van der Waals surface area contributed by atoms with Crippen LogP contribution in [-0.4, -0.2) is 17.4 Å². The smallest absolute Gasteiger partial charge is 0.195 e. The largest absolute Gasteiger partial charge is 0.494 e. The van der Waals surface area contributed by atoms with Gasteiger partial charge in [0.25, 0.3) is 0 Å². The van der Waals surface area contributed by atoms with Gasteiger partial charge in [0.05, 0.1) is 6.61 Å². The van der Waals surface area contributed by atoms with Gasteiger partial charge in [-0.3, -0.25) is 4.79 Å². The molecule has 3 nitrogen and oxygen atoms in total. The molecule has 0 aliphatic rings. The first-order valence-corrected chi connectivity index (χ1v) is 7.52. The van der Waals surface area contributed by atoms with Gasteiger partial charge in [0.15, 0.2) is 5.78 Å². The van der Waals surface area contributed by atoms with E-state index in [1.807, 2.05) is 49.4 Å². The van der Waals surface area contributed by atoms with Gasteiger partial charge in [-0.1, -0.05) is 15.9 Å². The number of ether oxygens (including phenoxy) is 1. The summed E-state index contributed by atoms with van der Waals surface area (Å²) in [5.74, 6) is 0.775. The molecule has 1 heterocycles. The molecule has 4 heteroatoms. The third kappa shape index (κ3) is 2.72. The zero-order chi connectivity index (χ0) is 14.8. The molecule has 1 aromatic heterocycles. The number of carbonyl (C=O) groups is 1. The predicted octanol–water partition coefficient (Wildman–Crippen LogP) is 4.56.